The second-order valence-electron chi connectivity index (χ2n) is 8.16. The lowest BCUT2D eigenvalue weighted by atomic mass is 10.1. The SMILES string of the molecule is Cc1nn2c(N3CCN(CCO)CC3)cc(-c3ccccc3)nc2c1-c1ccc(O)cc1. The summed E-state index contributed by atoms with van der Waals surface area (Å²) >= 11 is 0. The topological polar surface area (TPSA) is 77.1 Å². The summed E-state index contributed by atoms with van der Waals surface area (Å²) in [7, 11) is 0. The molecule has 1 saturated heterocycles. The molecule has 4 aromatic rings. The van der Waals surface area contributed by atoms with Gasteiger partial charge in [-0.2, -0.15) is 9.61 Å². The normalized spacial score (nSPS) is 14.9. The molecule has 1 fully saturated rings. The smallest absolute Gasteiger partial charge is 0.166 e. The molecule has 0 amide bonds. The van der Waals surface area contributed by atoms with Gasteiger partial charge in [-0.25, -0.2) is 4.98 Å². The molecular formula is C25H27N5O2. The van der Waals surface area contributed by atoms with Crippen LogP contribution in [-0.2, 0) is 0 Å². The van der Waals surface area contributed by atoms with E-state index in [0.717, 1.165) is 65.7 Å². The van der Waals surface area contributed by atoms with Crippen molar-refractivity contribution in [3.8, 4) is 28.1 Å². The van der Waals surface area contributed by atoms with Gasteiger partial charge in [0.05, 0.1) is 18.0 Å². The van der Waals surface area contributed by atoms with E-state index in [4.69, 9.17) is 10.1 Å². The van der Waals surface area contributed by atoms with E-state index in [0.29, 0.717) is 6.54 Å². The van der Waals surface area contributed by atoms with Crippen LogP contribution in [0.5, 0.6) is 5.75 Å². The first-order valence-corrected chi connectivity index (χ1v) is 11.0. The van der Waals surface area contributed by atoms with Crippen LogP contribution in [0.4, 0.5) is 5.82 Å². The zero-order chi connectivity index (χ0) is 22.1. The third-order valence-electron chi connectivity index (χ3n) is 6.08. The molecule has 0 bridgehead atoms. The molecule has 0 unspecified atom stereocenters. The lowest BCUT2D eigenvalue weighted by molar-refractivity contribution is 0.188. The van der Waals surface area contributed by atoms with E-state index in [1.54, 1.807) is 12.1 Å². The maximum absolute atomic E-state index is 9.74. The minimum atomic E-state index is 0.187. The number of aryl methyl sites for hydroxylation is 1. The van der Waals surface area contributed by atoms with Crippen LogP contribution in [0.25, 0.3) is 28.0 Å². The number of aromatic nitrogens is 3. The number of aromatic hydroxyl groups is 1. The Morgan fingerprint density at radius 2 is 1.62 bits per heavy atom. The third kappa shape index (κ3) is 3.81. The second kappa shape index (κ2) is 8.61. The van der Waals surface area contributed by atoms with Gasteiger partial charge in [0.2, 0.25) is 0 Å². The van der Waals surface area contributed by atoms with Crippen molar-refractivity contribution in [2.45, 2.75) is 6.92 Å². The molecule has 2 N–H and O–H groups in total. The highest BCUT2D eigenvalue weighted by Crippen LogP contribution is 2.33. The van der Waals surface area contributed by atoms with E-state index in [1.807, 2.05) is 41.8 Å². The van der Waals surface area contributed by atoms with E-state index in [2.05, 4.69) is 28.0 Å². The summed E-state index contributed by atoms with van der Waals surface area (Å²) in [6, 6.07) is 19.5. The number of fused-ring (bicyclic) bond motifs is 1. The van der Waals surface area contributed by atoms with Crippen molar-refractivity contribution >= 4 is 11.5 Å². The monoisotopic (exact) mass is 429 g/mol. The lowest BCUT2D eigenvalue weighted by Gasteiger charge is -2.35. The van der Waals surface area contributed by atoms with Crippen molar-refractivity contribution < 1.29 is 10.2 Å². The third-order valence-corrected chi connectivity index (χ3v) is 6.08. The molecular weight excluding hydrogens is 402 g/mol. The van der Waals surface area contributed by atoms with Gasteiger partial charge in [-0.1, -0.05) is 42.5 Å². The van der Waals surface area contributed by atoms with E-state index in [9.17, 15) is 10.2 Å². The molecule has 2 aromatic heterocycles. The number of nitrogens with zero attached hydrogens (tertiary/aromatic N) is 5. The Kier molecular flexibility index (Phi) is 5.51. The Bertz CT molecular complexity index is 1210. The molecule has 3 heterocycles. The zero-order valence-corrected chi connectivity index (χ0v) is 18.1. The summed E-state index contributed by atoms with van der Waals surface area (Å²) in [6.45, 7) is 6.42. The van der Waals surface area contributed by atoms with Crippen molar-refractivity contribution in [1.82, 2.24) is 19.5 Å². The number of aliphatic hydroxyl groups is 1. The number of hydrogen-bond donors (Lipinski definition) is 2. The van der Waals surface area contributed by atoms with Crippen LogP contribution in [0.15, 0.2) is 60.7 Å². The first-order valence-electron chi connectivity index (χ1n) is 11.0. The molecule has 7 heteroatoms. The number of phenols is 1. The zero-order valence-electron chi connectivity index (χ0n) is 18.1. The molecule has 1 aliphatic heterocycles. The number of piperazine rings is 1. The van der Waals surface area contributed by atoms with Gasteiger partial charge in [0.15, 0.2) is 5.65 Å². The molecule has 2 aromatic carbocycles. The van der Waals surface area contributed by atoms with Gasteiger partial charge in [-0.3, -0.25) is 4.90 Å². The summed E-state index contributed by atoms with van der Waals surface area (Å²) in [5, 5.41) is 23.9. The molecule has 1 aliphatic rings. The number of β-amino-alcohol motifs (C(OH)–C–C–N with tert-alkyl or cyclic N) is 1. The van der Waals surface area contributed by atoms with Crippen LogP contribution in [0.2, 0.25) is 0 Å². The first-order chi connectivity index (χ1) is 15.6. The van der Waals surface area contributed by atoms with Gasteiger partial charge in [0.25, 0.3) is 0 Å². The van der Waals surface area contributed by atoms with Crippen molar-refractivity contribution in [1.29, 1.82) is 0 Å². The molecule has 0 saturated carbocycles. The van der Waals surface area contributed by atoms with Gasteiger partial charge in [0.1, 0.15) is 11.6 Å². The number of aliphatic hydroxyl groups excluding tert-OH is 1. The lowest BCUT2D eigenvalue weighted by Crippen LogP contribution is -2.47. The Morgan fingerprint density at radius 1 is 0.906 bits per heavy atom. The number of phenolic OH excluding ortho intramolecular Hbond substituents is 1. The van der Waals surface area contributed by atoms with Crippen molar-refractivity contribution in [2.24, 2.45) is 0 Å². The molecule has 0 aliphatic carbocycles. The minimum Gasteiger partial charge on any atom is -0.508 e. The van der Waals surface area contributed by atoms with Gasteiger partial charge in [-0.15, -0.1) is 0 Å². The van der Waals surface area contributed by atoms with Crippen LogP contribution >= 0.6 is 0 Å². The fraction of sp³-hybridized carbons (Fsp3) is 0.280. The second-order valence-corrected chi connectivity index (χ2v) is 8.16. The molecule has 164 valence electrons. The van der Waals surface area contributed by atoms with Crippen LogP contribution in [-0.4, -0.2) is 69.0 Å². The van der Waals surface area contributed by atoms with Gasteiger partial charge >= 0.3 is 0 Å². The molecule has 0 radical (unpaired) electrons. The summed E-state index contributed by atoms with van der Waals surface area (Å²) in [5.74, 6) is 1.26. The Morgan fingerprint density at radius 3 is 2.31 bits per heavy atom. The van der Waals surface area contributed by atoms with Crippen molar-refractivity contribution in [2.75, 3.05) is 44.2 Å². The standard InChI is InChI=1S/C25H27N5O2/c1-18-24(20-7-9-21(32)10-8-20)25-26-22(19-5-3-2-4-6-19)17-23(30(25)27-18)29-13-11-28(12-14-29)15-16-31/h2-10,17,31-32H,11-16H2,1H3. The van der Waals surface area contributed by atoms with E-state index < -0.39 is 0 Å². The fourth-order valence-corrected chi connectivity index (χ4v) is 4.40. The highest BCUT2D eigenvalue weighted by molar-refractivity contribution is 5.83. The molecule has 32 heavy (non-hydrogen) atoms. The number of anilines is 1. The summed E-state index contributed by atoms with van der Waals surface area (Å²) in [4.78, 5) is 9.66. The van der Waals surface area contributed by atoms with E-state index in [-0.39, 0.29) is 12.4 Å². The van der Waals surface area contributed by atoms with Gasteiger partial charge in [0, 0.05) is 49.9 Å². The predicted octanol–water partition coefficient (Wildman–Crippen LogP) is 3.19. The maximum atomic E-state index is 9.74. The van der Waals surface area contributed by atoms with Crippen LogP contribution < -0.4 is 4.90 Å². The number of benzene rings is 2. The molecule has 7 nitrogen and oxygen atoms in total. The Labute approximate surface area is 187 Å². The molecule has 0 atom stereocenters. The highest BCUT2D eigenvalue weighted by atomic mass is 16.3. The quantitative estimate of drug-likeness (QED) is 0.507. The average Bonchev–Trinajstić information content (AvgIpc) is 3.16. The summed E-state index contributed by atoms with van der Waals surface area (Å²) < 4.78 is 1.95. The van der Waals surface area contributed by atoms with Gasteiger partial charge < -0.3 is 15.1 Å². The maximum Gasteiger partial charge on any atom is 0.166 e. The van der Waals surface area contributed by atoms with Crippen molar-refractivity contribution in [3.63, 3.8) is 0 Å². The Balaban J connectivity index is 1.66. The summed E-state index contributed by atoms with van der Waals surface area (Å²) in [5.41, 5.74) is 5.63. The molecule has 5 rings (SSSR count). The van der Waals surface area contributed by atoms with Crippen LogP contribution in [0.1, 0.15) is 5.69 Å². The van der Waals surface area contributed by atoms with Crippen LogP contribution in [0, 0.1) is 6.92 Å². The Hall–Kier alpha value is -3.42. The predicted molar refractivity (Wildman–Crippen MR) is 126 cm³/mol. The van der Waals surface area contributed by atoms with Gasteiger partial charge in [-0.05, 0) is 24.6 Å². The fourth-order valence-electron chi connectivity index (χ4n) is 4.40. The number of hydrogen-bond acceptors (Lipinski definition) is 6. The van der Waals surface area contributed by atoms with Crippen molar-refractivity contribution in [3.05, 3.63) is 66.4 Å². The first kappa shape index (κ1) is 20.5. The van der Waals surface area contributed by atoms with Crippen LogP contribution in [0.3, 0.4) is 0 Å². The minimum absolute atomic E-state index is 0.187. The average molecular weight is 430 g/mol. The van der Waals surface area contributed by atoms with E-state index in [1.165, 1.54) is 0 Å². The highest BCUT2D eigenvalue weighted by Gasteiger charge is 2.23. The largest absolute Gasteiger partial charge is 0.508 e. The van der Waals surface area contributed by atoms with E-state index >= 15 is 0 Å². The summed E-state index contributed by atoms with van der Waals surface area (Å²) in [6.07, 6.45) is 0. The number of rotatable bonds is 5. The molecule has 0 spiro atoms.